The second kappa shape index (κ2) is 9.02. The van der Waals surface area contributed by atoms with Crippen LogP contribution in [0.4, 0.5) is 14.5 Å². The summed E-state index contributed by atoms with van der Waals surface area (Å²) in [5.74, 6) is -3.43. The summed E-state index contributed by atoms with van der Waals surface area (Å²) in [4.78, 5) is 21.0. The molecule has 0 saturated carbocycles. The third kappa shape index (κ3) is 4.87. The van der Waals surface area contributed by atoms with Crippen LogP contribution in [0.25, 0.3) is 16.9 Å². The molecule has 170 valence electrons. The van der Waals surface area contributed by atoms with Gasteiger partial charge in [-0.15, -0.1) is 0 Å². The third-order valence-electron chi connectivity index (χ3n) is 4.80. The Morgan fingerprint density at radius 1 is 1.18 bits per heavy atom. The van der Waals surface area contributed by atoms with Gasteiger partial charge in [0.1, 0.15) is 5.82 Å². The van der Waals surface area contributed by atoms with E-state index in [9.17, 15) is 22.0 Å². The number of sulfonamides is 1. The molecule has 11 heteroatoms. The quantitative estimate of drug-likeness (QED) is 0.393. The van der Waals surface area contributed by atoms with Crippen molar-refractivity contribution in [3.05, 3.63) is 77.9 Å². The second-order valence-electron chi connectivity index (χ2n) is 7.34. The van der Waals surface area contributed by atoms with Crippen LogP contribution in [0.1, 0.15) is 29.3 Å². The zero-order valence-corrected chi connectivity index (χ0v) is 18.3. The van der Waals surface area contributed by atoms with Crippen molar-refractivity contribution in [3.8, 4) is 11.3 Å². The van der Waals surface area contributed by atoms with Gasteiger partial charge in [-0.05, 0) is 36.2 Å². The minimum Gasteiger partial charge on any atom is -0.294 e. The number of hydrogen-bond acceptors (Lipinski definition) is 6. The minimum absolute atomic E-state index is 0.232. The number of pyridine rings is 1. The number of Topliss-reactive ketones (excluding diaryl/α,β-unsaturated/α-hetero) is 1. The molecule has 3 heterocycles. The molecule has 0 fully saturated rings. The highest BCUT2D eigenvalue weighted by Gasteiger charge is 2.23. The molecule has 0 aliphatic rings. The molecule has 0 atom stereocenters. The number of aromatic nitrogens is 4. The van der Waals surface area contributed by atoms with Gasteiger partial charge >= 0.3 is 0 Å². The normalized spacial score (nSPS) is 11.6. The van der Waals surface area contributed by atoms with Gasteiger partial charge in [-0.3, -0.25) is 14.5 Å². The lowest BCUT2D eigenvalue weighted by molar-refractivity contribution is 0.0984. The van der Waals surface area contributed by atoms with Gasteiger partial charge in [0.15, 0.2) is 17.2 Å². The summed E-state index contributed by atoms with van der Waals surface area (Å²) in [7, 11) is -3.82. The van der Waals surface area contributed by atoms with Crippen LogP contribution in [0.5, 0.6) is 0 Å². The van der Waals surface area contributed by atoms with Crippen LogP contribution in [-0.4, -0.2) is 39.5 Å². The van der Waals surface area contributed by atoms with Crippen molar-refractivity contribution < 1.29 is 22.0 Å². The average molecular weight is 471 g/mol. The summed E-state index contributed by atoms with van der Waals surface area (Å²) >= 11 is 0. The maximum atomic E-state index is 14.9. The Morgan fingerprint density at radius 3 is 2.73 bits per heavy atom. The summed E-state index contributed by atoms with van der Waals surface area (Å²) in [6.45, 7) is 1.65. The molecule has 0 amide bonds. The fourth-order valence-electron chi connectivity index (χ4n) is 3.31. The predicted molar refractivity (Wildman–Crippen MR) is 118 cm³/mol. The molecular formula is C22H19F2N5O3S. The summed E-state index contributed by atoms with van der Waals surface area (Å²) < 4.78 is 56.7. The van der Waals surface area contributed by atoms with Crippen molar-refractivity contribution in [2.45, 2.75) is 19.8 Å². The van der Waals surface area contributed by atoms with E-state index in [0.29, 0.717) is 23.3 Å². The van der Waals surface area contributed by atoms with Gasteiger partial charge in [-0.25, -0.2) is 26.7 Å². The molecule has 0 radical (unpaired) electrons. The number of halogens is 2. The van der Waals surface area contributed by atoms with Crippen LogP contribution >= 0.6 is 0 Å². The number of nitrogens with one attached hydrogen (secondary N) is 1. The Kier molecular flexibility index (Phi) is 6.14. The first-order valence-electron chi connectivity index (χ1n) is 10.0. The third-order valence-corrected chi connectivity index (χ3v) is 6.27. The van der Waals surface area contributed by atoms with Crippen molar-refractivity contribution in [2.24, 2.45) is 0 Å². The lowest BCUT2D eigenvalue weighted by Crippen LogP contribution is -2.19. The van der Waals surface area contributed by atoms with Gasteiger partial charge in [0.25, 0.3) is 0 Å². The largest absolute Gasteiger partial charge is 0.294 e. The molecule has 0 bridgehead atoms. The highest BCUT2D eigenvalue weighted by Crippen LogP contribution is 2.24. The van der Waals surface area contributed by atoms with E-state index in [4.69, 9.17) is 0 Å². The molecule has 0 aliphatic heterocycles. The molecular weight excluding hydrogens is 452 g/mol. The predicted octanol–water partition coefficient (Wildman–Crippen LogP) is 3.65. The maximum Gasteiger partial charge on any atom is 0.232 e. The second-order valence-corrected chi connectivity index (χ2v) is 9.18. The smallest absolute Gasteiger partial charge is 0.232 e. The number of nitrogens with zero attached hydrogens (tertiary/aromatic N) is 4. The Bertz CT molecular complexity index is 1440. The van der Waals surface area contributed by atoms with Gasteiger partial charge in [-0.2, -0.15) is 5.10 Å². The first-order chi connectivity index (χ1) is 15.8. The van der Waals surface area contributed by atoms with E-state index < -0.39 is 38.7 Å². The van der Waals surface area contributed by atoms with Crippen LogP contribution in [0.3, 0.4) is 0 Å². The van der Waals surface area contributed by atoms with E-state index in [1.54, 1.807) is 37.6 Å². The first-order valence-corrected chi connectivity index (χ1v) is 11.7. The van der Waals surface area contributed by atoms with Crippen molar-refractivity contribution in [1.82, 2.24) is 19.6 Å². The fraction of sp³-hybridized carbons (Fsp3) is 0.182. The zero-order chi connectivity index (χ0) is 23.6. The Balaban J connectivity index is 1.61. The molecule has 0 saturated heterocycles. The Labute approximate surface area is 188 Å². The molecule has 8 nitrogen and oxygen atoms in total. The van der Waals surface area contributed by atoms with Crippen molar-refractivity contribution in [1.29, 1.82) is 0 Å². The van der Waals surface area contributed by atoms with Gasteiger partial charge < -0.3 is 0 Å². The zero-order valence-electron chi connectivity index (χ0n) is 17.5. The highest BCUT2D eigenvalue weighted by atomic mass is 32.2. The standard InChI is InChI=1S/C22H19F2N5O3S/c1-2-8-33(31,32)28-17-6-5-16(23)21(22(17)24)19(30)9-14-11-26-20-10-18(27-29(20)13-14)15-4-3-7-25-12-15/h3-7,10-13,28H,2,8-9H2,1H3. The van der Waals surface area contributed by atoms with Crippen LogP contribution in [0.15, 0.2) is 55.1 Å². The topological polar surface area (TPSA) is 106 Å². The summed E-state index contributed by atoms with van der Waals surface area (Å²) in [5, 5.41) is 4.41. The van der Waals surface area contributed by atoms with Crippen LogP contribution in [0.2, 0.25) is 0 Å². The van der Waals surface area contributed by atoms with Crippen molar-refractivity contribution in [2.75, 3.05) is 10.5 Å². The maximum absolute atomic E-state index is 14.9. The van der Waals surface area contributed by atoms with E-state index in [-0.39, 0.29) is 12.2 Å². The van der Waals surface area contributed by atoms with Gasteiger partial charge in [0.2, 0.25) is 10.0 Å². The molecule has 0 aliphatic carbocycles. The number of rotatable bonds is 8. The molecule has 4 rings (SSSR count). The van der Waals surface area contributed by atoms with E-state index in [0.717, 1.165) is 17.7 Å². The van der Waals surface area contributed by atoms with Gasteiger partial charge in [0, 0.05) is 42.8 Å². The van der Waals surface area contributed by atoms with E-state index in [2.05, 4.69) is 19.8 Å². The summed E-state index contributed by atoms with van der Waals surface area (Å²) in [5.41, 5.74) is 1.02. The molecule has 3 aromatic heterocycles. The van der Waals surface area contributed by atoms with E-state index in [1.807, 2.05) is 6.07 Å². The fourth-order valence-corrected chi connectivity index (χ4v) is 4.44. The van der Waals surface area contributed by atoms with Crippen LogP contribution < -0.4 is 4.72 Å². The number of carbonyl (C=O) groups is 1. The molecule has 1 aromatic carbocycles. The molecule has 1 N–H and O–H groups in total. The van der Waals surface area contributed by atoms with Crippen molar-refractivity contribution >= 4 is 27.1 Å². The number of hydrogen-bond donors (Lipinski definition) is 1. The molecule has 4 aromatic rings. The summed E-state index contributed by atoms with van der Waals surface area (Å²) in [6.07, 6.45) is 6.22. The number of carbonyl (C=O) groups excluding carboxylic acids is 1. The average Bonchev–Trinajstić information content (AvgIpc) is 3.20. The van der Waals surface area contributed by atoms with Gasteiger partial charge in [0.05, 0.1) is 22.7 Å². The number of benzene rings is 1. The molecule has 0 unspecified atom stereocenters. The molecule has 0 spiro atoms. The summed E-state index contributed by atoms with van der Waals surface area (Å²) in [6, 6.07) is 7.16. The minimum atomic E-state index is -3.82. The van der Waals surface area contributed by atoms with Crippen LogP contribution in [-0.2, 0) is 16.4 Å². The number of fused-ring (bicyclic) bond motifs is 1. The number of ketones is 1. The lowest BCUT2D eigenvalue weighted by Gasteiger charge is -2.11. The van der Waals surface area contributed by atoms with Crippen LogP contribution in [0, 0.1) is 11.6 Å². The Morgan fingerprint density at radius 2 is 2.00 bits per heavy atom. The SMILES string of the molecule is CCCS(=O)(=O)Nc1ccc(F)c(C(=O)Cc2cnc3cc(-c4cccnc4)nn3c2)c1F. The van der Waals surface area contributed by atoms with E-state index in [1.165, 1.54) is 10.7 Å². The number of anilines is 1. The highest BCUT2D eigenvalue weighted by molar-refractivity contribution is 7.92. The monoisotopic (exact) mass is 471 g/mol. The lowest BCUT2D eigenvalue weighted by atomic mass is 10.0. The van der Waals surface area contributed by atoms with Gasteiger partial charge in [-0.1, -0.05) is 6.92 Å². The van der Waals surface area contributed by atoms with Crippen molar-refractivity contribution in [3.63, 3.8) is 0 Å². The molecule has 33 heavy (non-hydrogen) atoms. The first kappa shape index (κ1) is 22.5. The van der Waals surface area contributed by atoms with E-state index >= 15 is 0 Å². The Hall–Kier alpha value is -3.73.